The smallest absolute Gasteiger partial charge is 0.248 e. The Morgan fingerprint density at radius 1 is 0.523 bits per heavy atom. The molecular weight excluding hydrogens is 1180 g/mol. The molecule has 12 N–H and O–H groups in total. The van der Waals surface area contributed by atoms with Gasteiger partial charge in [-0.25, -0.2) is 15.0 Å². The average Bonchev–Trinajstić information content (AvgIpc) is 1.81. The zero-order valence-electron chi connectivity index (χ0n) is 48.1. The molecule has 1 aliphatic rings. The number of nitrogens with two attached hydrogens (primary N) is 3. The van der Waals surface area contributed by atoms with Crippen LogP contribution in [0.15, 0.2) is 150 Å². The molecule has 0 aliphatic carbocycles. The van der Waals surface area contributed by atoms with Gasteiger partial charge in [0.1, 0.15) is 34.2 Å². The highest BCUT2D eigenvalue weighted by atomic mass is 79.9. The second-order valence-electron chi connectivity index (χ2n) is 21.5. The molecule has 0 spiro atoms. The van der Waals surface area contributed by atoms with E-state index in [4.69, 9.17) is 17.2 Å². The molecule has 1 aliphatic heterocycles. The molecule has 0 atom stereocenters. The third-order valence-corrected chi connectivity index (χ3v) is 15.9. The van der Waals surface area contributed by atoms with Crippen LogP contribution < -0.4 is 17.2 Å². The van der Waals surface area contributed by atoms with Crippen LogP contribution in [-0.4, -0.2) is 114 Å². The summed E-state index contributed by atoms with van der Waals surface area (Å²) in [5, 5.41) is 50.4. The fourth-order valence-corrected chi connectivity index (χ4v) is 11.1. The Labute approximate surface area is 511 Å². The highest BCUT2D eigenvalue weighted by Gasteiger charge is 2.25. The SMILES string of the molecule is Cn1nc(-c2ccc(Br)cc2)c(O)c1-c1nc2ccc(CN)cc2[nH]1.Cn1nc(-c2ccc(CN3CCCCC3)cc2)c(O)c1-c1nc2ccc(C(N)=O)cc2[nH]1.Cn1nc(-c2ccc(Cn3cccn3)cc2)c(O)c1-c1nc2ccc(C(N)=O)cc2[nH]1. The molecule has 13 aromatic rings. The molecule has 8 heterocycles. The van der Waals surface area contributed by atoms with Gasteiger partial charge >= 0.3 is 0 Å². The molecule has 23 nitrogen and oxygen atoms in total. The summed E-state index contributed by atoms with van der Waals surface area (Å²) >= 11 is 3.41. The monoisotopic (exact) mass is 1240 g/mol. The van der Waals surface area contributed by atoms with Crippen molar-refractivity contribution in [1.29, 1.82) is 0 Å². The standard InChI is InChI=1S/C24H26N6O2.C22H19N7O2.C18H16BrN5O/c1-29-21(24-26-18-10-9-17(23(25)32)13-19(18)27-24)22(31)20(28-29)16-7-5-15(6-8-16)14-30-11-3-2-4-12-30;1-28-19(22-25-16-8-7-15(21(23)31)11-17(16)26-22)20(30)18(27-28)14-5-3-13(4-6-14)12-29-10-2-9-24-29;1-24-16(17(25)15(23-24)11-3-5-12(19)6-4-11)18-21-13-7-2-10(9-20)8-14(13)22-18/h5-10,13,31H,2-4,11-12,14H2,1H3,(H2,25,32)(H,26,27);2-11,30H,12H2,1H3,(H2,23,31)(H,25,26);2-8,25H,9,20H2,1H3,(H,21,22). The zero-order chi connectivity index (χ0) is 61.3. The van der Waals surface area contributed by atoms with Crippen molar-refractivity contribution in [2.45, 2.75) is 38.9 Å². The summed E-state index contributed by atoms with van der Waals surface area (Å²) in [6, 6.07) is 41.4. The summed E-state index contributed by atoms with van der Waals surface area (Å²) in [4.78, 5) is 48.6. The predicted molar refractivity (Wildman–Crippen MR) is 339 cm³/mol. The fraction of sp³-hybridized carbons (Fsp3) is 0.172. The van der Waals surface area contributed by atoms with E-state index in [9.17, 15) is 24.9 Å². The van der Waals surface area contributed by atoms with Crippen LogP contribution >= 0.6 is 15.9 Å². The summed E-state index contributed by atoms with van der Waals surface area (Å²) < 4.78 is 7.64. The summed E-state index contributed by atoms with van der Waals surface area (Å²) in [7, 11) is 5.30. The first kappa shape index (κ1) is 57.7. The molecule has 1 saturated heterocycles. The minimum Gasteiger partial charge on any atom is -0.504 e. The van der Waals surface area contributed by atoms with Gasteiger partial charge in [0.25, 0.3) is 0 Å². The zero-order valence-corrected chi connectivity index (χ0v) is 49.7. The van der Waals surface area contributed by atoms with Gasteiger partial charge < -0.3 is 47.5 Å². The molecule has 444 valence electrons. The number of fused-ring (bicyclic) bond motifs is 3. The number of piperidine rings is 1. The van der Waals surface area contributed by atoms with Crippen molar-refractivity contribution in [1.82, 2.24) is 73.9 Å². The molecule has 88 heavy (non-hydrogen) atoms. The lowest BCUT2D eigenvalue weighted by molar-refractivity contribution is 0.0992. The van der Waals surface area contributed by atoms with Crippen LogP contribution in [0.3, 0.4) is 0 Å². The number of carbonyl (C=O) groups excluding carboxylic acids is 2. The number of nitrogens with zero attached hydrogens (tertiary/aromatic N) is 12. The number of imidazole rings is 3. The number of hydrogen-bond acceptors (Lipinski definition) is 14. The van der Waals surface area contributed by atoms with E-state index in [-0.39, 0.29) is 17.2 Å². The van der Waals surface area contributed by atoms with Crippen molar-refractivity contribution in [3.63, 3.8) is 0 Å². The van der Waals surface area contributed by atoms with Crippen LogP contribution in [0.2, 0.25) is 0 Å². The third kappa shape index (κ3) is 11.9. The molecule has 24 heteroatoms. The van der Waals surface area contributed by atoms with Gasteiger partial charge in [-0.05, 0) is 109 Å². The maximum atomic E-state index is 11.5. The number of amides is 2. The van der Waals surface area contributed by atoms with Crippen LogP contribution in [0.1, 0.15) is 56.7 Å². The number of benzene rings is 6. The first-order valence-corrected chi connectivity index (χ1v) is 29.1. The molecule has 0 unspecified atom stereocenters. The lowest BCUT2D eigenvalue weighted by Crippen LogP contribution is -2.28. The van der Waals surface area contributed by atoms with Gasteiger partial charge in [0.2, 0.25) is 11.8 Å². The Balaban J connectivity index is 0.000000130. The molecular formula is C64H61BrN18O5. The van der Waals surface area contributed by atoms with Crippen LogP contribution in [0, 0.1) is 0 Å². The number of nitrogens with one attached hydrogen (secondary N) is 3. The lowest BCUT2D eigenvalue weighted by atomic mass is 10.1. The van der Waals surface area contributed by atoms with Gasteiger partial charge in [0.05, 0.1) is 39.6 Å². The van der Waals surface area contributed by atoms with Gasteiger partial charge in [-0.1, -0.05) is 89.1 Å². The van der Waals surface area contributed by atoms with E-state index in [1.54, 1.807) is 77.8 Å². The molecule has 6 aromatic carbocycles. The number of H-pyrrole nitrogens is 3. The second kappa shape index (κ2) is 24.4. The largest absolute Gasteiger partial charge is 0.504 e. The summed E-state index contributed by atoms with van der Waals surface area (Å²) in [5.74, 6) is 0.662. The van der Waals surface area contributed by atoms with Crippen molar-refractivity contribution in [3.8, 4) is 85.6 Å². The maximum absolute atomic E-state index is 11.5. The first-order chi connectivity index (χ1) is 42.5. The number of aromatic nitrogens is 14. The van der Waals surface area contributed by atoms with Crippen LogP contribution in [0.5, 0.6) is 17.2 Å². The van der Waals surface area contributed by atoms with Crippen molar-refractivity contribution in [3.05, 3.63) is 178 Å². The summed E-state index contributed by atoms with van der Waals surface area (Å²) in [5.41, 5.74) is 30.3. The van der Waals surface area contributed by atoms with E-state index in [1.165, 1.54) is 24.8 Å². The molecule has 14 rings (SSSR count). The number of hydrogen-bond donors (Lipinski definition) is 9. The average molecular weight is 1240 g/mol. The number of aromatic hydroxyl groups is 3. The number of rotatable bonds is 13. The first-order valence-electron chi connectivity index (χ1n) is 28.3. The molecule has 1 fully saturated rings. The second-order valence-corrected chi connectivity index (χ2v) is 22.4. The van der Waals surface area contributed by atoms with Gasteiger partial charge in [-0.15, -0.1) is 0 Å². The van der Waals surface area contributed by atoms with E-state index in [1.807, 2.05) is 95.8 Å². The van der Waals surface area contributed by atoms with Crippen molar-refractivity contribution >= 4 is 60.8 Å². The number of carbonyl (C=O) groups is 2. The predicted octanol–water partition coefficient (Wildman–Crippen LogP) is 9.66. The topological polar surface area (TPSA) is 333 Å². The van der Waals surface area contributed by atoms with Gasteiger partial charge in [0.15, 0.2) is 34.7 Å². The van der Waals surface area contributed by atoms with E-state index in [0.29, 0.717) is 97.9 Å². The van der Waals surface area contributed by atoms with E-state index < -0.39 is 11.8 Å². The third-order valence-electron chi connectivity index (χ3n) is 15.4. The van der Waals surface area contributed by atoms with E-state index in [2.05, 4.69) is 83.3 Å². The minimum atomic E-state index is -0.514. The van der Waals surface area contributed by atoms with Gasteiger partial charge in [-0.3, -0.25) is 33.2 Å². The fourth-order valence-electron chi connectivity index (χ4n) is 10.9. The summed E-state index contributed by atoms with van der Waals surface area (Å²) in [6.45, 7) is 4.40. The van der Waals surface area contributed by atoms with Crippen LogP contribution in [-0.2, 0) is 40.8 Å². The Morgan fingerprint density at radius 3 is 1.33 bits per heavy atom. The molecule has 2 amide bonds. The number of halogens is 1. The highest BCUT2D eigenvalue weighted by Crippen LogP contribution is 2.40. The number of primary amides is 2. The van der Waals surface area contributed by atoms with Gasteiger partial charge in [-0.2, -0.15) is 20.4 Å². The maximum Gasteiger partial charge on any atom is 0.248 e. The Bertz CT molecular complexity index is 4680. The number of aromatic amines is 3. The molecule has 7 aromatic heterocycles. The lowest BCUT2D eigenvalue weighted by Gasteiger charge is -2.26. The Morgan fingerprint density at radius 2 is 0.920 bits per heavy atom. The van der Waals surface area contributed by atoms with Crippen molar-refractivity contribution in [2.75, 3.05) is 13.1 Å². The quantitative estimate of drug-likeness (QED) is 0.0519. The Hall–Kier alpha value is -10.7. The number of aryl methyl sites for hydroxylation is 3. The highest BCUT2D eigenvalue weighted by molar-refractivity contribution is 9.10. The normalized spacial score (nSPS) is 12.6. The van der Waals surface area contributed by atoms with Crippen molar-refractivity contribution < 1.29 is 24.9 Å². The minimum absolute atomic E-state index is 0.0245. The van der Waals surface area contributed by atoms with Crippen LogP contribution in [0.4, 0.5) is 0 Å². The van der Waals surface area contributed by atoms with Crippen LogP contribution in [0.25, 0.3) is 101 Å². The molecule has 0 saturated carbocycles. The summed E-state index contributed by atoms with van der Waals surface area (Å²) in [6.07, 6.45) is 7.52. The molecule has 0 radical (unpaired) electrons. The van der Waals surface area contributed by atoms with E-state index >= 15 is 0 Å². The molecule has 0 bridgehead atoms. The van der Waals surface area contributed by atoms with Crippen molar-refractivity contribution in [2.24, 2.45) is 38.3 Å². The van der Waals surface area contributed by atoms with E-state index in [0.717, 1.165) is 63.0 Å². The number of likely N-dealkylation sites (tertiary alicyclic amines) is 1. The Kier molecular flexibility index (Phi) is 16.0. The van der Waals surface area contributed by atoms with Gasteiger partial charge in [0, 0.05) is 78.9 Å².